The van der Waals surface area contributed by atoms with E-state index in [-0.39, 0.29) is 5.41 Å². The Morgan fingerprint density at radius 2 is 1.83 bits per heavy atom. The number of carbonyl (C=O) groups is 1. The monoisotopic (exact) mass is 249 g/mol. The lowest BCUT2D eigenvalue weighted by Crippen LogP contribution is -2.28. The zero-order valence-corrected chi connectivity index (χ0v) is 12.1. The molecule has 1 rings (SSSR count). The number of aliphatic carboxylic acids is 1. The number of hydrogen-bond donors (Lipinski definition) is 1. The molecule has 0 aliphatic rings. The second kappa shape index (κ2) is 5.11. The molecule has 1 aromatic rings. The Balaban J connectivity index is 3.34. The third-order valence-electron chi connectivity index (χ3n) is 3.19. The van der Waals surface area contributed by atoms with Gasteiger partial charge in [0.05, 0.1) is 0 Å². The van der Waals surface area contributed by atoms with Gasteiger partial charge in [-0.05, 0) is 43.1 Å². The van der Waals surface area contributed by atoms with Crippen LogP contribution in [0, 0.1) is 6.92 Å². The molecule has 18 heavy (non-hydrogen) atoms. The van der Waals surface area contributed by atoms with Crippen LogP contribution in [-0.4, -0.2) is 30.1 Å². The first-order valence-electron chi connectivity index (χ1n) is 6.15. The van der Waals surface area contributed by atoms with Gasteiger partial charge in [0.15, 0.2) is 0 Å². The summed E-state index contributed by atoms with van der Waals surface area (Å²) in [6.45, 7) is 8.36. The minimum Gasteiger partial charge on any atom is -0.480 e. The fourth-order valence-corrected chi connectivity index (χ4v) is 2.03. The van der Waals surface area contributed by atoms with Gasteiger partial charge in [-0.15, -0.1) is 0 Å². The summed E-state index contributed by atoms with van der Waals surface area (Å²) >= 11 is 0. The molecule has 0 fully saturated rings. The average molecular weight is 249 g/mol. The highest BCUT2D eigenvalue weighted by atomic mass is 16.4. The lowest BCUT2D eigenvalue weighted by atomic mass is 9.84. The van der Waals surface area contributed by atoms with E-state index in [1.165, 1.54) is 0 Å². The number of carboxylic acid groups (broad SMARTS) is 1. The van der Waals surface area contributed by atoms with Crippen molar-refractivity contribution >= 4 is 5.97 Å². The maximum absolute atomic E-state index is 11.4. The minimum atomic E-state index is -0.811. The van der Waals surface area contributed by atoms with Gasteiger partial charge in [0.25, 0.3) is 0 Å². The van der Waals surface area contributed by atoms with Crippen LogP contribution in [0.25, 0.3) is 0 Å². The maximum atomic E-state index is 11.4. The Morgan fingerprint density at radius 1 is 1.28 bits per heavy atom. The third kappa shape index (κ3) is 3.10. The summed E-state index contributed by atoms with van der Waals surface area (Å²) in [5, 5.41) is 9.37. The number of benzene rings is 1. The Bertz CT molecular complexity index is 444. The van der Waals surface area contributed by atoms with Crippen LogP contribution < -0.4 is 0 Å². The molecule has 0 saturated carbocycles. The molecule has 0 aromatic heterocycles. The van der Waals surface area contributed by atoms with Gasteiger partial charge in [0.1, 0.15) is 6.04 Å². The molecule has 0 heterocycles. The lowest BCUT2D eigenvalue weighted by molar-refractivity contribution is -0.142. The van der Waals surface area contributed by atoms with Crippen molar-refractivity contribution in [2.75, 3.05) is 14.1 Å². The number of aryl methyl sites for hydroxylation is 1. The molecule has 0 aliphatic heterocycles. The standard InChI is InChI=1S/C15H23NO2/c1-10-7-8-11(15(2,3)4)9-12(10)13(14(17)18)16(5)6/h7-9,13H,1-6H3,(H,17,18). The first kappa shape index (κ1) is 14.7. The summed E-state index contributed by atoms with van der Waals surface area (Å²) in [4.78, 5) is 13.1. The highest BCUT2D eigenvalue weighted by Crippen LogP contribution is 2.29. The summed E-state index contributed by atoms with van der Waals surface area (Å²) in [6.07, 6.45) is 0. The van der Waals surface area contributed by atoms with Gasteiger partial charge >= 0.3 is 5.97 Å². The number of likely N-dealkylation sites (N-methyl/N-ethyl adjacent to an activating group) is 1. The van der Waals surface area contributed by atoms with Crippen molar-refractivity contribution in [3.8, 4) is 0 Å². The second-order valence-electron chi connectivity index (χ2n) is 6.03. The van der Waals surface area contributed by atoms with Crippen LogP contribution in [-0.2, 0) is 10.2 Å². The van der Waals surface area contributed by atoms with Crippen molar-refractivity contribution in [2.24, 2.45) is 0 Å². The van der Waals surface area contributed by atoms with Crippen LogP contribution in [0.2, 0.25) is 0 Å². The van der Waals surface area contributed by atoms with Crippen molar-refractivity contribution in [3.63, 3.8) is 0 Å². The van der Waals surface area contributed by atoms with Gasteiger partial charge in [0, 0.05) is 0 Å². The normalized spacial score (nSPS) is 13.7. The van der Waals surface area contributed by atoms with Crippen LogP contribution in [0.1, 0.15) is 43.5 Å². The summed E-state index contributed by atoms with van der Waals surface area (Å²) < 4.78 is 0. The smallest absolute Gasteiger partial charge is 0.325 e. The van der Waals surface area contributed by atoms with Crippen molar-refractivity contribution in [1.29, 1.82) is 0 Å². The molecule has 0 aliphatic carbocycles. The summed E-state index contributed by atoms with van der Waals surface area (Å²) in [7, 11) is 3.59. The Kier molecular flexibility index (Phi) is 4.17. The highest BCUT2D eigenvalue weighted by molar-refractivity contribution is 5.76. The van der Waals surface area contributed by atoms with E-state index in [0.717, 1.165) is 16.7 Å². The van der Waals surface area contributed by atoms with Gasteiger partial charge in [-0.2, -0.15) is 0 Å². The van der Waals surface area contributed by atoms with Crippen LogP contribution in [0.15, 0.2) is 18.2 Å². The second-order valence-corrected chi connectivity index (χ2v) is 6.03. The predicted molar refractivity (Wildman–Crippen MR) is 73.9 cm³/mol. The van der Waals surface area contributed by atoms with Crippen molar-refractivity contribution in [3.05, 3.63) is 34.9 Å². The van der Waals surface area contributed by atoms with E-state index in [2.05, 4.69) is 26.8 Å². The van der Waals surface area contributed by atoms with E-state index >= 15 is 0 Å². The Morgan fingerprint density at radius 3 is 2.22 bits per heavy atom. The third-order valence-corrected chi connectivity index (χ3v) is 3.19. The largest absolute Gasteiger partial charge is 0.480 e. The molecule has 1 aromatic carbocycles. The average Bonchev–Trinajstić information content (AvgIpc) is 2.18. The molecule has 1 N–H and O–H groups in total. The molecule has 0 spiro atoms. The van der Waals surface area contributed by atoms with Gasteiger partial charge in [0.2, 0.25) is 0 Å². The van der Waals surface area contributed by atoms with E-state index in [1.54, 1.807) is 19.0 Å². The quantitative estimate of drug-likeness (QED) is 0.895. The Hall–Kier alpha value is -1.35. The summed E-state index contributed by atoms with van der Waals surface area (Å²) in [6, 6.07) is 5.52. The fraction of sp³-hybridized carbons (Fsp3) is 0.533. The molecule has 0 radical (unpaired) electrons. The van der Waals surface area contributed by atoms with Crippen LogP contribution in [0.4, 0.5) is 0 Å². The SMILES string of the molecule is Cc1ccc(C(C)(C)C)cc1C(C(=O)O)N(C)C. The number of hydrogen-bond acceptors (Lipinski definition) is 2. The van der Waals surface area contributed by atoms with E-state index in [9.17, 15) is 9.90 Å². The number of rotatable bonds is 3. The van der Waals surface area contributed by atoms with E-state index in [4.69, 9.17) is 0 Å². The molecule has 1 atom stereocenters. The summed E-state index contributed by atoms with van der Waals surface area (Å²) in [5.74, 6) is -0.811. The van der Waals surface area contributed by atoms with Crippen LogP contribution in [0.5, 0.6) is 0 Å². The maximum Gasteiger partial charge on any atom is 0.325 e. The minimum absolute atomic E-state index is 0.0256. The fourth-order valence-electron chi connectivity index (χ4n) is 2.03. The molecular formula is C15H23NO2. The van der Waals surface area contributed by atoms with E-state index in [1.807, 2.05) is 19.1 Å². The van der Waals surface area contributed by atoms with E-state index < -0.39 is 12.0 Å². The molecule has 3 nitrogen and oxygen atoms in total. The first-order valence-corrected chi connectivity index (χ1v) is 6.15. The van der Waals surface area contributed by atoms with Gasteiger partial charge in [-0.3, -0.25) is 9.69 Å². The molecule has 100 valence electrons. The first-order chi connectivity index (χ1) is 8.14. The van der Waals surface area contributed by atoms with Crippen molar-refractivity contribution in [1.82, 2.24) is 4.90 Å². The van der Waals surface area contributed by atoms with Crippen molar-refractivity contribution < 1.29 is 9.90 Å². The zero-order valence-electron chi connectivity index (χ0n) is 12.1. The topological polar surface area (TPSA) is 40.5 Å². The highest BCUT2D eigenvalue weighted by Gasteiger charge is 2.25. The van der Waals surface area contributed by atoms with Crippen molar-refractivity contribution in [2.45, 2.75) is 39.2 Å². The Labute approximate surface area is 109 Å². The number of nitrogens with zero attached hydrogens (tertiary/aromatic N) is 1. The van der Waals surface area contributed by atoms with Crippen LogP contribution in [0.3, 0.4) is 0 Å². The lowest BCUT2D eigenvalue weighted by Gasteiger charge is -2.26. The number of carboxylic acids is 1. The van der Waals surface area contributed by atoms with Gasteiger partial charge in [-0.25, -0.2) is 0 Å². The van der Waals surface area contributed by atoms with Crippen LogP contribution >= 0.6 is 0 Å². The van der Waals surface area contributed by atoms with Gasteiger partial charge in [-0.1, -0.05) is 39.0 Å². The predicted octanol–water partition coefficient (Wildman–Crippen LogP) is 2.98. The van der Waals surface area contributed by atoms with E-state index in [0.29, 0.717) is 0 Å². The molecule has 1 unspecified atom stereocenters. The molecular weight excluding hydrogens is 226 g/mol. The molecule has 0 bridgehead atoms. The molecule has 0 saturated heterocycles. The molecule has 3 heteroatoms. The molecule has 0 amide bonds. The summed E-state index contributed by atoms with van der Waals surface area (Å²) in [5.41, 5.74) is 3.08. The zero-order chi connectivity index (χ0) is 14.1. The van der Waals surface area contributed by atoms with Gasteiger partial charge < -0.3 is 5.11 Å².